The standard InChI is InChI=1S/C18H18O3S/c1-15-8-10-17(11-9-15)22(20,21)14-18(2,19)13-12-16-6-4-3-5-7-16/h3-11,19H,14H2,1-2H3. The molecule has 22 heavy (non-hydrogen) atoms. The first-order chi connectivity index (χ1) is 10.3. The van der Waals surface area contributed by atoms with Crippen molar-refractivity contribution in [2.75, 3.05) is 5.75 Å². The molecule has 0 aliphatic carbocycles. The summed E-state index contributed by atoms with van der Waals surface area (Å²) in [5.41, 5.74) is 0.101. The van der Waals surface area contributed by atoms with E-state index in [1.54, 1.807) is 36.4 Å². The van der Waals surface area contributed by atoms with Gasteiger partial charge in [0, 0.05) is 5.56 Å². The average Bonchev–Trinajstić information content (AvgIpc) is 2.46. The van der Waals surface area contributed by atoms with Gasteiger partial charge in [-0.15, -0.1) is 0 Å². The molecule has 0 saturated heterocycles. The smallest absolute Gasteiger partial charge is 0.182 e. The van der Waals surface area contributed by atoms with E-state index in [1.165, 1.54) is 6.92 Å². The number of sulfone groups is 1. The van der Waals surface area contributed by atoms with Gasteiger partial charge in [-0.3, -0.25) is 0 Å². The van der Waals surface area contributed by atoms with Gasteiger partial charge in [-0.25, -0.2) is 8.42 Å². The van der Waals surface area contributed by atoms with Gasteiger partial charge in [-0.1, -0.05) is 47.7 Å². The summed E-state index contributed by atoms with van der Waals surface area (Å²) in [7, 11) is -3.59. The summed E-state index contributed by atoms with van der Waals surface area (Å²) < 4.78 is 24.7. The minimum Gasteiger partial charge on any atom is -0.377 e. The zero-order valence-electron chi connectivity index (χ0n) is 12.6. The van der Waals surface area contributed by atoms with Crippen LogP contribution in [0.4, 0.5) is 0 Å². The van der Waals surface area contributed by atoms with Crippen LogP contribution in [-0.2, 0) is 9.84 Å². The van der Waals surface area contributed by atoms with Gasteiger partial charge in [0.25, 0.3) is 0 Å². The van der Waals surface area contributed by atoms with Crippen LogP contribution in [-0.4, -0.2) is 24.9 Å². The van der Waals surface area contributed by atoms with Gasteiger partial charge in [0.1, 0.15) is 5.60 Å². The Labute approximate surface area is 131 Å². The van der Waals surface area contributed by atoms with Crippen molar-refractivity contribution >= 4 is 9.84 Å². The van der Waals surface area contributed by atoms with Crippen molar-refractivity contribution in [3.05, 3.63) is 65.7 Å². The summed E-state index contributed by atoms with van der Waals surface area (Å²) in [6.45, 7) is 3.30. The summed E-state index contributed by atoms with van der Waals surface area (Å²) in [4.78, 5) is 0.194. The average molecular weight is 314 g/mol. The van der Waals surface area contributed by atoms with Crippen LogP contribution >= 0.6 is 0 Å². The highest BCUT2D eigenvalue weighted by Crippen LogP contribution is 2.17. The lowest BCUT2D eigenvalue weighted by Crippen LogP contribution is -2.32. The number of rotatable bonds is 3. The van der Waals surface area contributed by atoms with E-state index in [4.69, 9.17) is 0 Å². The maximum Gasteiger partial charge on any atom is 0.182 e. The lowest BCUT2D eigenvalue weighted by molar-refractivity contribution is 0.146. The Balaban J connectivity index is 2.21. The fourth-order valence-electron chi connectivity index (χ4n) is 1.96. The van der Waals surface area contributed by atoms with E-state index >= 15 is 0 Å². The van der Waals surface area contributed by atoms with Gasteiger partial charge in [0.05, 0.1) is 10.6 Å². The van der Waals surface area contributed by atoms with Crippen LogP contribution in [0.3, 0.4) is 0 Å². The molecule has 2 aromatic rings. The molecule has 0 aliphatic heterocycles. The fraction of sp³-hybridized carbons (Fsp3) is 0.222. The number of hydrogen-bond acceptors (Lipinski definition) is 3. The lowest BCUT2D eigenvalue weighted by atomic mass is 10.1. The predicted molar refractivity (Wildman–Crippen MR) is 87.2 cm³/mol. The summed E-state index contributed by atoms with van der Waals surface area (Å²) in [6.07, 6.45) is 0. The van der Waals surface area contributed by atoms with Crippen LogP contribution in [0.2, 0.25) is 0 Å². The van der Waals surface area contributed by atoms with Crippen molar-refractivity contribution < 1.29 is 13.5 Å². The zero-order valence-corrected chi connectivity index (χ0v) is 13.4. The maximum atomic E-state index is 12.3. The number of hydrogen-bond donors (Lipinski definition) is 1. The van der Waals surface area contributed by atoms with Crippen LogP contribution in [0, 0.1) is 18.8 Å². The maximum absolute atomic E-state index is 12.3. The van der Waals surface area contributed by atoms with E-state index in [0.29, 0.717) is 0 Å². The first kappa shape index (κ1) is 16.3. The highest BCUT2D eigenvalue weighted by atomic mass is 32.2. The molecule has 3 nitrogen and oxygen atoms in total. The molecule has 0 spiro atoms. The summed E-state index contributed by atoms with van der Waals surface area (Å²) in [5, 5.41) is 10.3. The SMILES string of the molecule is Cc1ccc(S(=O)(=O)CC(C)(O)C#Cc2ccccc2)cc1. The third-order valence-electron chi connectivity index (χ3n) is 3.10. The lowest BCUT2D eigenvalue weighted by Gasteiger charge is -2.16. The quantitative estimate of drug-likeness (QED) is 0.886. The minimum atomic E-state index is -3.59. The molecule has 114 valence electrons. The van der Waals surface area contributed by atoms with E-state index < -0.39 is 21.2 Å². The Morgan fingerprint density at radius 2 is 1.64 bits per heavy atom. The van der Waals surface area contributed by atoms with Crippen molar-refractivity contribution in [3.8, 4) is 11.8 Å². The third kappa shape index (κ3) is 4.45. The van der Waals surface area contributed by atoms with Crippen LogP contribution in [0.25, 0.3) is 0 Å². The molecule has 1 N–H and O–H groups in total. The Morgan fingerprint density at radius 3 is 2.23 bits per heavy atom. The van der Waals surface area contributed by atoms with Crippen LogP contribution in [0.15, 0.2) is 59.5 Å². The number of aliphatic hydroxyl groups is 1. The van der Waals surface area contributed by atoms with E-state index in [9.17, 15) is 13.5 Å². The number of benzene rings is 2. The first-order valence-corrected chi connectivity index (χ1v) is 8.54. The number of aryl methyl sites for hydroxylation is 1. The molecule has 0 heterocycles. The molecular formula is C18H18O3S. The van der Waals surface area contributed by atoms with Gasteiger partial charge in [-0.05, 0) is 38.1 Å². The van der Waals surface area contributed by atoms with Gasteiger partial charge >= 0.3 is 0 Å². The van der Waals surface area contributed by atoms with E-state index in [-0.39, 0.29) is 4.90 Å². The van der Waals surface area contributed by atoms with Crippen molar-refractivity contribution in [2.45, 2.75) is 24.3 Å². The van der Waals surface area contributed by atoms with Crippen molar-refractivity contribution in [2.24, 2.45) is 0 Å². The van der Waals surface area contributed by atoms with Gasteiger partial charge in [0.15, 0.2) is 9.84 Å². The van der Waals surface area contributed by atoms with Crippen molar-refractivity contribution in [1.82, 2.24) is 0 Å². The molecular weight excluding hydrogens is 296 g/mol. The van der Waals surface area contributed by atoms with Crippen molar-refractivity contribution in [1.29, 1.82) is 0 Å². The molecule has 0 amide bonds. The monoisotopic (exact) mass is 314 g/mol. The molecule has 0 radical (unpaired) electrons. The first-order valence-electron chi connectivity index (χ1n) is 6.89. The van der Waals surface area contributed by atoms with Gasteiger partial charge < -0.3 is 5.11 Å². The van der Waals surface area contributed by atoms with E-state index in [2.05, 4.69) is 11.8 Å². The van der Waals surface area contributed by atoms with E-state index in [1.807, 2.05) is 25.1 Å². The second-order valence-corrected chi connectivity index (χ2v) is 7.45. The molecule has 2 rings (SSSR count). The molecule has 0 fully saturated rings. The molecule has 2 aromatic carbocycles. The normalized spacial score (nSPS) is 13.8. The predicted octanol–water partition coefficient (Wildman–Crippen LogP) is 2.57. The minimum absolute atomic E-state index is 0.194. The molecule has 1 atom stereocenters. The Bertz CT molecular complexity index is 793. The Morgan fingerprint density at radius 1 is 1.05 bits per heavy atom. The van der Waals surface area contributed by atoms with Crippen molar-refractivity contribution in [3.63, 3.8) is 0 Å². The summed E-state index contributed by atoms with van der Waals surface area (Å²) in [5.74, 6) is 5.00. The second-order valence-electron chi connectivity index (χ2n) is 5.46. The molecule has 4 heteroatoms. The molecule has 1 unspecified atom stereocenters. The van der Waals surface area contributed by atoms with Crippen LogP contribution in [0.5, 0.6) is 0 Å². The van der Waals surface area contributed by atoms with Crippen LogP contribution in [0.1, 0.15) is 18.1 Å². The summed E-state index contributed by atoms with van der Waals surface area (Å²) in [6, 6.07) is 15.7. The van der Waals surface area contributed by atoms with Crippen LogP contribution < -0.4 is 0 Å². The van der Waals surface area contributed by atoms with Gasteiger partial charge in [-0.2, -0.15) is 0 Å². The second kappa shape index (κ2) is 6.35. The van der Waals surface area contributed by atoms with Gasteiger partial charge in [0.2, 0.25) is 0 Å². The summed E-state index contributed by atoms with van der Waals surface area (Å²) >= 11 is 0. The molecule has 0 aliphatic rings. The molecule has 0 aromatic heterocycles. The third-order valence-corrected chi connectivity index (χ3v) is 5.03. The Hall–Kier alpha value is -2.09. The van der Waals surface area contributed by atoms with E-state index in [0.717, 1.165) is 11.1 Å². The Kier molecular flexibility index (Phi) is 4.70. The largest absolute Gasteiger partial charge is 0.377 e. The molecule has 0 saturated carbocycles. The molecule has 0 bridgehead atoms. The highest BCUT2D eigenvalue weighted by molar-refractivity contribution is 7.91. The highest BCUT2D eigenvalue weighted by Gasteiger charge is 2.27. The zero-order chi connectivity index (χ0) is 16.2. The fourth-order valence-corrected chi connectivity index (χ4v) is 3.49. The topological polar surface area (TPSA) is 54.4 Å².